The number of benzene rings is 2. The minimum atomic E-state index is -1.19. The van der Waals surface area contributed by atoms with Gasteiger partial charge in [-0.25, -0.2) is 0 Å². The first-order valence-electron chi connectivity index (χ1n) is 9.61. The van der Waals surface area contributed by atoms with Crippen molar-refractivity contribution in [2.45, 2.75) is 49.1 Å². The molecule has 1 fully saturated rings. The lowest BCUT2D eigenvalue weighted by molar-refractivity contribution is -0.142. The van der Waals surface area contributed by atoms with Crippen molar-refractivity contribution in [3.05, 3.63) is 36.4 Å². The lowest BCUT2D eigenvalue weighted by Crippen LogP contribution is -2.29. The number of phenolic OH excluding ortho intramolecular Hbond substituents is 1. The lowest BCUT2D eigenvalue weighted by Gasteiger charge is -2.27. The molecule has 0 bridgehead atoms. The van der Waals surface area contributed by atoms with Crippen molar-refractivity contribution < 1.29 is 19.6 Å². The van der Waals surface area contributed by atoms with Gasteiger partial charge in [-0.1, -0.05) is 62.4 Å². The van der Waals surface area contributed by atoms with Crippen molar-refractivity contribution in [2.75, 3.05) is 5.75 Å². The molecular weight excluding hydrogens is 379 g/mol. The summed E-state index contributed by atoms with van der Waals surface area (Å²) in [6.07, 6.45) is 6.37. The van der Waals surface area contributed by atoms with E-state index in [0.29, 0.717) is 18.1 Å². The van der Waals surface area contributed by atoms with Crippen LogP contribution in [0.25, 0.3) is 10.8 Å². The minimum absolute atomic E-state index is 0.192. The summed E-state index contributed by atoms with van der Waals surface area (Å²) in [6, 6.07) is 11.3. The van der Waals surface area contributed by atoms with Crippen LogP contribution in [0.1, 0.15) is 38.5 Å². The lowest BCUT2D eigenvalue weighted by atomic mass is 9.82. The van der Waals surface area contributed by atoms with Crippen molar-refractivity contribution in [3.63, 3.8) is 0 Å². The van der Waals surface area contributed by atoms with Gasteiger partial charge in [0.15, 0.2) is 0 Å². The molecule has 1 aliphatic rings. The number of aromatic hydroxyl groups is 1. The summed E-state index contributed by atoms with van der Waals surface area (Å²) in [5, 5.41) is 22.0. The van der Waals surface area contributed by atoms with Gasteiger partial charge < -0.3 is 14.8 Å². The molecule has 2 aromatic rings. The van der Waals surface area contributed by atoms with Crippen LogP contribution in [-0.2, 0) is 9.36 Å². The van der Waals surface area contributed by atoms with E-state index in [0.717, 1.165) is 28.5 Å². The highest BCUT2D eigenvalue weighted by Gasteiger charge is 2.31. The maximum atomic E-state index is 11.9. The Morgan fingerprint density at radius 1 is 1.15 bits per heavy atom. The number of carbonyl (C=O) groups is 1. The van der Waals surface area contributed by atoms with Crippen molar-refractivity contribution >= 4 is 37.0 Å². The molecule has 6 heteroatoms. The van der Waals surface area contributed by atoms with Crippen LogP contribution in [0, 0.1) is 11.8 Å². The van der Waals surface area contributed by atoms with E-state index in [1.165, 1.54) is 31.0 Å². The Balaban J connectivity index is 1.74. The highest BCUT2D eigenvalue weighted by molar-refractivity contribution is 7.99. The highest BCUT2D eigenvalue weighted by atomic mass is 32.2. The number of hydrogen-bond acceptors (Lipinski definition) is 4. The molecule has 4 nitrogen and oxygen atoms in total. The Kier molecular flexibility index (Phi) is 7.26. The van der Waals surface area contributed by atoms with E-state index in [4.69, 9.17) is 0 Å². The van der Waals surface area contributed by atoms with Crippen LogP contribution >= 0.6 is 20.2 Å². The average molecular weight is 406 g/mol. The summed E-state index contributed by atoms with van der Waals surface area (Å²) < 4.78 is 11.9. The van der Waals surface area contributed by atoms with E-state index < -0.39 is 20.3 Å². The summed E-state index contributed by atoms with van der Waals surface area (Å²) in [7, 11) is -1.19. The molecule has 27 heavy (non-hydrogen) atoms. The molecule has 1 aliphatic carbocycles. The number of thioether (sulfide) groups is 1. The van der Waals surface area contributed by atoms with Gasteiger partial charge >= 0.3 is 5.97 Å². The van der Waals surface area contributed by atoms with Crippen LogP contribution < -0.4 is 0 Å². The summed E-state index contributed by atoms with van der Waals surface area (Å²) in [5.41, 5.74) is -0.354. The van der Waals surface area contributed by atoms with Crippen LogP contribution in [0.4, 0.5) is 0 Å². The van der Waals surface area contributed by atoms with Gasteiger partial charge in [0, 0.05) is 11.4 Å². The highest BCUT2D eigenvalue weighted by Crippen LogP contribution is 2.39. The second-order valence-electron chi connectivity index (χ2n) is 7.43. The molecule has 0 radical (unpaired) electrons. The third-order valence-electron chi connectivity index (χ3n) is 5.60. The molecule has 0 spiro atoms. The first-order valence-corrected chi connectivity index (χ1v) is 11.7. The Hall–Kier alpha value is -1.45. The molecule has 2 N–H and O–H groups in total. The van der Waals surface area contributed by atoms with Crippen LogP contribution in [-0.4, -0.2) is 27.6 Å². The average Bonchev–Trinajstić information content (AvgIpc) is 2.69. The van der Waals surface area contributed by atoms with Gasteiger partial charge in [0.05, 0.1) is 19.3 Å². The molecule has 0 saturated heterocycles. The maximum Gasteiger partial charge on any atom is 0.307 e. The topological polar surface area (TPSA) is 74.6 Å². The third-order valence-corrected chi connectivity index (χ3v) is 8.26. The molecule has 0 heterocycles. The predicted octanol–water partition coefficient (Wildman–Crippen LogP) is 5.43. The maximum absolute atomic E-state index is 11.9. The second kappa shape index (κ2) is 9.66. The number of aliphatic carboxylic acids is 1. The molecule has 3 unspecified atom stereocenters. The fraction of sp³-hybridized carbons (Fsp3) is 0.476. The Morgan fingerprint density at radius 3 is 2.59 bits per heavy atom. The summed E-state index contributed by atoms with van der Waals surface area (Å²) in [6.45, 7) is 0. The van der Waals surface area contributed by atoms with Crippen LogP contribution in [0.3, 0.4) is 0 Å². The molecular formula is C21H27O4PS. The number of carboxylic acids is 1. The van der Waals surface area contributed by atoms with Crippen molar-refractivity contribution in [3.8, 4) is 5.75 Å². The zero-order valence-electron chi connectivity index (χ0n) is 15.3. The molecule has 0 amide bonds. The molecule has 2 aromatic carbocycles. The Labute approximate surface area is 165 Å². The van der Waals surface area contributed by atoms with E-state index >= 15 is 0 Å². The Bertz CT molecular complexity index is 804. The van der Waals surface area contributed by atoms with E-state index in [-0.39, 0.29) is 11.4 Å². The molecule has 0 aliphatic heterocycles. The van der Waals surface area contributed by atoms with E-state index in [2.05, 4.69) is 0 Å². The SMILES string of the molecule is O=[PH2]C(CSc1c(O)ccc2ccccc12)C(CC1CCCCC1)C(=O)O. The molecule has 146 valence electrons. The molecule has 0 aromatic heterocycles. The first kappa shape index (κ1) is 20.3. The van der Waals surface area contributed by atoms with Gasteiger partial charge in [0.25, 0.3) is 0 Å². The van der Waals surface area contributed by atoms with Gasteiger partial charge in [0.2, 0.25) is 0 Å². The standard InChI is InChI=1S/C21H27O4PS/c22-18-11-10-15-8-4-5-9-16(15)20(18)27-13-19(26-25)17(21(23)24)12-14-6-2-1-3-7-14/h4-5,8-11,14,17,19,22H,1-3,6-7,12-13,26H2,(H,23,24). The minimum Gasteiger partial charge on any atom is -0.507 e. The zero-order valence-corrected chi connectivity index (χ0v) is 17.3. The van der Waals surface area contributed by atoms with Crippen molar-refractivity contribution in [1.82, 2.24) is 0 Å². The van der Waals surface area contributed by atoms with Crippen LogP contribution in [0.15, 0.2) is 41.3 Å². The van der Waals surface area contributed by atoms with Gasteiger partial charge in [-0.2, -0.15) is 0 Å². The van der Waals surface area contributed by atoms with Gasteiger partial charge in [-0.05, 0) is 29.2 Å². The summed E-state index contributed by atoms with van der Waals surface area (Å²) in [4.78, 5) is 12.6. The number of rotatable bonds is 8. The summed E-state index contributed by atoms with van der Waals surface area (Å²) in [5.74, 6) is -0.326. The van der Waals surface area contributed by atoms with Crippen molar-refractivity contribution in [1.29, 1.82) is 0 Å². The smallest absolute Gasteiger partial charge is 0.307 e. The van der Waals surface area contributed by atoms with Crippen LogP contribution in [0.5, 0.6) is 5.75 Å². The fourth-order valence-corrected chi connectivity index (χ4v) is 6.32. The fourth-order valence-electron chi connectivity index (χ4n) is 4.05. The van der Waals surface area contributed by atoms with Crippen LogP contribution in [0.2, 0.25) is 0 Å². The Morgan fingerprint density at radius 2 is 1.89 bits per heavy atom. The molecule has 1 saturated carbocycles. The quantitative estimate of drug-likeness (QED) is 0.451. The predicted molar refractivity (Wildman–Crippen MR) is 113 cm³/mol. The first-order chi connectivity index (χ1) is 13.1. The number of hydrogen-bond donors (Lipinski definition) is 2. The van der Waals surface area contributed by atoms with Crippen molar-refractivity contribution in [2.24, 2.45) is 11.8 Å². The zero-order chi connectivity index (χ0) is 19.2. The van der Waals surface area contributed by atoms with E-state index in [1.54, 1.807) is 6.07 Å². The van der Waals surface area contributed by atoms with E-state index in [1.807, 2.05) is 30.3 Å². The van der Waals surface area contributed by atoms with E-state index in [9.17, 15) is 19.6 Å². The largest absolute Gasteiger partial charge is 0.507 e. The third kappa shape index (κ3) is 5.08. The van der Waals surface area contributed by atoms with Gasteiger partial charge in [-0.15, -0.1) is 11.8 Å². The number of phenols is 1. The second-order valence-corrected chi connectivity index (χ2v) is 9.59. The van der Waals surface area contributed by atoms with Gasteiger partial charge in [-0.3, -0.25) is 4.79 Å². The van der Waals surface area contributed by atoms with Gasteiger partial charge in [0.1, 0.15) is 5.75 Å². The molecule has 3 atom stereocenters. The number of carboxylic acid groups (broad SMARTS) is 1. The number of fused-ring (bicyclic) bond motifs is 1. The normalized spacial score (nSPS) is 18.1. The molecule has 3 rings (SSSR count). The summed E-state index contributed by atoms with van der Waals surface area (Å²) >= 11 is 1.42. The monoisotopic (exact) mass is 406 g/mol.